The number of rotatable bonds is 6. The van der Waals surface area contributed by atoms with Crippen LogP contribution in [0.3, 0.4) is 0 Å². The van der Waals surface area contributed by atoms with Gasteiger partial charge in [-0.2, -0.15) is 0 Å². The Kier molecular flexibility index (Phi) is 6.63. The number of methoxy groups -OCH3 is 1. The molecule has 1 atom stereocenters. The number of pyridine rings is 1. The number of benzene rings is 1. The van der Waals surface area contributed by atoms with E-state index in [1.54, 1.807) is 49.5 Å². The number of nitrogens with zero attached hydrogens (tertiary/aromatic N) is 1. The lowest BCUT2D eigenvalue weighted by Crippen LogP contribution is -2.30. The number of ether oxygens (including phenoxy) is 1. The molecule has 1 heterocycles. The Hall–Kier alpha value is -2.05. The van der Waals surface area contributed by atoms with Crippen molar-refractivity contribution in [2.75, 3.05) is 7.11 Å². The molecule has 1 amide bonds. The largest absolute Gasteiger partial charge is 0.465 e. The summed E-state index contributed by atoms with van der Waals surface area (Å²) in [6.45, 7) is 2.17. The van der Waals surface area contributed by atoms with Gasteiger partial charge in [-0.3, -0.25) is 4.79 Å². The molecule has 2 rings (SSSR count). The Bertz CT molecular complexity index is 722. The topological polar surface area (TPSA) is 68.3 Å². The van der Waals surface area contributed by atoms with Crippen LogP contribution in [0.25, 0.3) is 0 Å². The molecule has 1 aromatic heterocycles. The molecule has 24 heavy (non-hydrogen) atoms. The normalized spacial score (nSPS) is 11.6. The Morgan fingerprint density at radius 3 is 2.62 bits per heavy atom. The van der Waals surface area contributed by atoms with Crippen molar-refractivity contribution in [3.8, 4) is 0 Å². The average Bonchev–Trinajstić information content (AvgIpc) is 2.61. The van der Waals surface area contributed by atoms with Crippen molar-refractivity contribution in [2.45, 2.75) is 23.7 Å². The van der Waals surface area contributed by atoms with E-state index in [2.05, 4.69) is 15.0 Å². The van der Waals surface area contributed by atoms with E-state index < -0.39 is 0 Å². The number of nitrogens with one attached hydrogen (secondary N) is 1. The summed E-state index contributed by atoms with van der Waals surface area (Å²) >= 11 is 7.35. The van der Waals surface area contributed by atoms with Gasteiger partial charge < -0.3 is 10.1 Å². The quantitative estimate of drug-likeness (QED) is 0.629. The summed E-state index contributed by atoms with van der Waals surface area (Å²) in [6, 6.07) is 10.4. The first-order valence-electron chi connectivity index (χ1n) is 7.23. The van der Waals surface area contributed by atoms with E-state index in [1.807, 2.05) is 0 Å². The maximum Gasteiger partial charge on any atom is 0.337 e. The highest BCUT2D eigenvalue weighted by Gasteiger charge is 2.16. The van der Waals surface area contributed by atoms with Crippen molar-refractivity contribution in [3.63, 3.8) is 0 Å². The third-order valence-corrected chi connectivity index (χ3v) is 4.76. The second kappa shape index (κ2) is 8.70. The first kappa shape index (κ1) is 18.3. The fraction of sp³-hybridized carbons (Fsp3) is 0.235. The van der Waals surface area contributed by atoms with E-state index in [0.29, 0.717) is 22.2 Å². The molecule has 0 saturated carbocycles. The number of amides is 1. The number of hydrogen-bond acceptors (Lipinski definition) is 5. The van der Waals surface area contributed by atoms with E-state index in [9.17, 15) is 9.59 Å². The minimum absolute atomic E-state index is 0.112. The maximum absolute atomic E-state index is 12.2. The monoisotopic (exact) mass is 364 g/mol. The van der Waals surface area contributed by atoms with Crippen LogP contribution in [0.5, 0.6) is 0 Å². The van der Waals surface area contributed by atoms with Gasteiger partial charge in [0.1, 0.15) is 5.03 Å². The highest BCUT2D eigenvalue weighted by Crippen LogP contribution is 2.27. The third-order valence-electron chi connectivity index (χ3n) is 3.22. The first-order valence-corrected chi connectivity index (χ1v) is 8.49. The number of carbonyl (C=O) groups excluding carboxylic acids is 2. The smallest absolute Gasteiger partial charge is 0.337 e. The number of esters is 1. The zero-order chi connectivity index (χ0) is 17.5. The number of halogens is 1. The van der Waals surface area contributed by atoms with Crippen LogP contribution in [-0.2, 0) is 16.1 Å². The lowest BCUT2D eigenvalue weighted by Gasteiger charge is -2.12. The van der Waals surface area contributed by atoms with Crippen molar-refractivity contribution in [1.29, 1.82) is 0 Å². The predicted octanol–water partition coefficient (Wildman–Crippen LogP) is 3.32. The molecule has 0 aliphatic heterocycles. The van der Waals surface area contributed by atoms with E-state index in [4.69, 9.17) is 11.6 Å². The zero-order valence-corrected chi connectivity index (χ0v) is 14.9. The SMILES string of the molecule is COC(=O)c1ccc(CNC(=O)C(C)Sc2ncccc2Cl)cc1. The van der Waals surface area contributed by atoms with Gasteiger partial charge in [0, 0.05) is 12.7 Å². The van der Waals surface area contributed by atoms with Gasteiger partial charge in [-0.25, -0.2) is 9.78 Å². The van der Waals surface area contributed by atoms with Gasteiger partial charge in [-0.1, -0.05) is 35.5 Å². The van der Waals surface area contributed by atoms with Crippen LogP contribution >= 0.6 is 23.4 Å². The molecular weight excluding hydrogens is 348 g/mol. The van der Waals surface area contributed by atoms with Crippen LogP contribution in [0.4, 0.5) is 0 Å². The van der Waals surface area contributed by atoms with Crippen molar-refractivity contribution in [1.82, 2.24) is 10.3 Å². The lowest BCUT2D eigenvalue weighted by atomic mass is 10.1. The van der Waals surface area contributed by atoms with E-state index in [1.165, 1.54) is 18.9 Å². The highest BCUT2D eigenvalue weighted by molar-refractivity contribution is 8.00. The summed E-state index contributed by atoms with van der Waals surface area (Å²) in [4.78, 5) is 27.7. The van der Waals surface area contributed by atoms with Gasteiger partial charge in [-0.05, 0) is 36.8 Å². The second-order valence-electron chi connectivity index (χ2n) is 4.96. The first-order chi connectivity index (χ1) is 11.5. The molecule has 0 bridgehead atoms. The number of hydrogen-bond donors (Lipinski definition) is 1. The molecule has 0 radical (unpaired) electrons. The summed E-state index contributed by atoms with van der Waals surface area (Å²) in [5.41, 5.74) is 1.37. The standard InChI is InChI=1S/C17H17ClN2O3S/c1-11(24-16-14(18)4-3-9-19-16)15(21)20-10-12-5-7-13(8-6-12)17(22)23-2/h3-9,11H,10H2,1-2H3,(H,20,21). The molecule has 0 fully saturated rings. The lowest BCUT2D eigenvalue weighted by molar-refractivity contribution is -0.120. The molecule has 1 unspecified atom stereocenters. The average molecular weight is 365 g/mol. The number of carbonyl (C=O) groups is 2. The van der Waals surface area contributed by atoms with Gasteiger partial charge >= 0.3 is 5.97 Å². The van der Waals surface area contributed by atoms with Gasteiger partial charge in [0.25, 0.3) is 0 Å². The summed E-state index contributed by atoms with van der Waals surface area (Å²) in [6.07, 6.45) is 1.64. The maximum atomic E-state index is 12.2. The van der Waals surface area contributed by atoms with Crippen molar-refractivity contribution in [3.05, 3.63) is 58.7 Å². The van der Waals surface area contributed by atoms with Crippen molar-refractivity contribution >= 4 is 35.2 Å². The Morgan fingerprint density at radius 2 is 2.00 bits per heavy atom. The summed E-state index contributed by atoms with van der Waals surface area (Å²) in [5, 5.41) is 3.68. The van der Waals surface area contributed by atoms with Gasteiger partial charge in [-0.15, -0.1) is 0 Å². The van der Waals surface area contributed by atoms with Crippen LogP contribution in [0.15, 0.2) is 47.6 Å². The van der Waals surface area contributed by atoms with Crippen molar-refractivity contribution in [2.24, 2.45) is 0 Å². The molecule has 0 aliphatic carbocycles. The summed E-state index contributed by atoms with van der Waals surface area (Å²) < 4.78 is 4.64. The third kappa shape index (κ3) is 4.97. The fourth-order valence-corrected chi connectivity index (χ4v) is 2.97. The van der Waals surface area contributed by atoms with Gasteiger partial charge in [0.2, 0.25) is 5.91 Å². The molecule has 2 aromatic rings. The molecular formula is C17H17ClN2O3S. The van der Waals surface area contributed by atoms with Crippen LogP contribution < -0.4 is 5.32 Å². The van der Waals surface area contributed by atoms with Crippen LogP contribution in [0.1, 0.15) is 22.8 Å². The molecule has 7 heteroatoms. The summed E-state index contributed by atoms with van der Waals surface area (Å²) in [5.74, 6) is -0.499. The van der Waals surface area contributed by atoms with E-state index >= 15 is 0 Å². The second-order valence-corrected chi connectivity index (χ2v) is 6.69. The minimum atomic E-state index is -0.386. The van der Waals surface area contributed by atoms with E-state index in [0.717, 1.165) is 5.56 Å². The van der Waals surface area contributed by atoms with Gasteiger partial charge in [0.15, 0.2) is 0 Å². The van der Waals surface area contributed by atoms with Crippen LogP contribution in [0, 0.1) is 0 Å². The Labute approximate surface area is 149 Å². The Morgan fingerprint density at radius 1 is 1.29 bits per heavy atom. The molecule has 126 valence electrons. The van der Waals surface area contributed by atoms with Gasteiger partial charge in [0.05, 0.1) is 22.9 Å². The van der Waals surface area contributed by atoms with Crippen LogP contribution in [0.2, 0.25) is 5.02 Å². The molecule has 1 aromatic carbocycles. The molecule has 0 saturated heterocycles. The van der Waals surface area contributed by atoms with Crippen molar-refractivity contribution < 1.29 is 14.3 Å². The number of aromatic nitrogens is 1. The van der Waals surface area contributed by atoms with E-state index in [-0.39, 0.29) is 17.1 Å². The molecule has 0 aliphatic rings. The minimum Gasteiger partial charge on any atom is -0.465 e. The zero-order valence-electron chi connectivity index (χ0n) is 13.3. The Balaban J connectivity index is 1.88. The summed E-state index contributed by atoms with van der Waals surface area (Å²) in [7, 11) is 1.34. The molecule has 5 nitrogen and oxygen atoms in total. The molecule has 0 spiro atoms. The highest BCUT2D eigenvalue weighted by atomic mass is 35.5. The predicted molar refractivity (Wildman–Crippen MR) is 94.2 cm³/mol. The number of thioether (sulfide) groups is 1. The fourth-order valence-electron chi connectivity index (χ4n) is 1.89. The molecule has 1 N–H and O–H groups in total. The van der Waals surface area contributed by atoms with Crippen LogP contribution in [-0.4, -0.2) is 29.2 Å².